The maximum absolute atomic E-state index is 13.4. The summed E-state index contributed by atoms with van der Waals surface area (Å²) < 4.78 is 6.34. The van der Waals surface area contributed by atoms with Crippen LogP contribution in [0.25, 0.3) is 11.0 Å². The van der Waals surface area contributed by atoms with Crippen molar-refractivity contribution in [3.8, 4) is 5.75 Å². The van der Waals surface area contributed by atoms with Crippen molar-refractivity contribution in [3.63, 3.8) is 0 Å². The number of halogens is 1. The monoisotopic (exact) mass is 479 g/mol. The zero-order valence-corrected chi connectivity index (χ0v) is 18.6. The first kappa shape index (κ1) is 21.6. The van der Waals surface area contributed by atoms with E-state index in [1.54, 1.807) is 19.2 Å². The maximum Gasteiger partial charge on any atom is 0.292 e. The van der Waals surface area contributed by atoms with Gasteiger partial charge in [0.15, 0.2) is 11.0 Å². The molecule has 1 amide bonds. The van der Waals surface area contributed by atoms with Crippen LogP contribution >= 0.6 is 11.6 Å². The zero-order valence-electron chi connectivity index (χ0n) is 17.9. The predicted octanol–water partition coefficient (Wildman–Crippen LogP) is 1.85. The second-order valence-electron chi connectivity index (χ2n) is 7.64. The van der Waals surface area contributed by atoms with Crippen LogP contribution in [0.5, 0.6) is 5.75 Å². The molecular formula is C22H18ClN7O4. The van der Waals surface area contributed by atoms with Gasteiger partial charge < -0.3 is 4.74 Å². The predicted molar refractivity (Wildman–Crippen MR) is 124 cm³/mol. The van der Waals surface area contributed by atoms with E-state index in [1.807, 2.05) is 36.4 Å². The Kier molecular flexibility index (Phi) is 5.46. The van der Waals surface area contributed by atoms with E-state index in [0.29, 0.717) is 22.9 Å². The number of nitrogens with zero attached hydrogens (tertiary/aromatic N) is 5. The van der Waals surface area contributed by atoms with Crippen molar-refractivity contribution in [3.05, 3.63) is 85.4 Å². The molecule has 1 atom stereocenters. The second kappa shape index (κ2) is 8.60. The lowest BCUT2D eigenvalue weighted by atomic mass is 9.98. The summed E-state index contributed by atoms with van der Waals surface area (Å²) >= 11 is 6.02. The Bertz CT molecular complexity index is 1520. The van der Waals surface area contributed by atoms with Crippen molar-refractivity contribution in [2.75, 3.05) is 7.11 Å². The molecule has 0 unspecified atom stereocenters. The fourth-order valence-corrected chi connectivity index (χ4v) is 4.00. The van der Waals surface area contributed by atoms with Crippen LogP contribution in [0.15, 0.2) is 63.2 Å². The van der Waals surface area contributed by atoms with Gasteiger partial charge in [0.05, 0.1) is 18.9 Å². The number of ether oxygens (including phenoxy) is 1. The lowest BCUT2D eigenvalue weighted by Gasteiger charge is -2.22. The summed E-state index contributed by atoms with van der Waals surface area (Å²) in [7, 11) is 1.58. The van der Waals surface area contributed by atoms with Gasteiger partial charge in [-0.15, -0.1) is 5.10 Å². The highest BCUT2D eigenvalue weighted by molar-refractivity contribution is 6.30. The summed E-state index contributed by atoms with van der Waals surface area (Å²) in [5.74, 6) is 0.272. The third-order valence-corrected chi connectivity index (χ3v) is 5.84. The molecule has 2 aromatic heterocycles. The number of H-pyrrole nitrogens is 2. The maximum atomic E-state index is 13.4. The van der Waals surface area contributed by atoms with Gasteiger partial charge in [0, 0.05) is 11.4 Å². The van der Waals surface area contributed by atoms with Gasteiger partial charge in [0.2, 0.25) is 0 Å². The number of nitrogens with one attached hydrogen (secondary N) is 2. The van der Waals surface area contributed by atoms with E-state index >= 15 is 0 Å². The van der Waals surface area contributed by atoms with E-state index in [9.17, 15) is 14.4 Å². The van der Waals surface area contributed by atoms with Crippen LogP contribution in [-0.2, 0) is 11.3 Å². The Morgan fingerprint density at radius 1 is 1.09 bits per heavy atom. The molecule has 1 aliphatic heterocycles. The number of benzene rings is 2. The Morgan fingerprint density at radius 3 is 2.50 bits per heavy atom. The first-order valence-corrected chi connectivity index (χ1v) is 10.7. The smallest absolute Gasteiger partial charge is 0.292 e. The van der Waals surface area contributed by atoms with Crippen molar-refractivity contribution in [2.24, 2.45) is 5.10 Å². The molecule has 12 heteroatoms. The third kappa shape index (κ3) is 3.86. The van der Waals surface area contributed by atoms with Gasteiger partial charge in [-0.2, -0.15) is 5.10 Å². The molecule has 0 bridgehead atoms. The Hall–Kier alpha value is -4.25. The Labute approximate surface area is 196 Å². The molecule has 0 spiro atoms. The lowest BCUT2D eigenvalue weighted by molar-refractivity contribution is -0.133. The molecule has 0 saturated heterocycles. The highest BCUT2D eigenvalue weighted by Gasteiger charge is 2.33. The van der Waals surface area contributed by atoms with Gasteiger partial charge in [0.1, 0.15) is 12.3 Å². The number of aromatic nitrogens is 5. The quantitative estimate of drug-likeness (QED) is 0.448. The fourth-order valence-electron chi connectivity index (χ4n) is 3.88. The van der Waals surface area contributed by atoms with Crippen LogP contribution in [-0.4, -0.2) is 48.9 Å². The van der Waals surface area contributed by atoms with Gasteiger partial charge in [-0.05, 0) is 35.4 Å². The minimum absolute atomic E-state index is 0.0841. The average molecular weight is 480 g/mol. The molecule has 0 radical (unpaired) electrons. The molecule has 4 aromatic rings. The molecule has 11 nitrogen and oxygen atoms in total. The Balaban J connectivity index is 1.51. The van der Waals surface area contributed by atoms with Crippen LogP contribution in [0.2, 0.25) is 5.02 Å². The van der Waals surface area contributed by atoms with Crippen LogP contribution in [0.1, 0.15) is 23.6 Å². The summed E-state index contributed by atoms with van der Waals surface area (Å²) in [5, 5.41) is 18.6. The first-order chi connectivity index (χ1) is 16.4. The molecule has 0 fully saturated rings. The molecule has 3 heterocycles. The lowest BCUT2D eigenvalue weighted by Crippen LogP contribution is -2.31. The summed E-state index contributed by atoms with van der Waals surface area (Å²) in [6, 6.07) is 14.2. The van der Waals surface area contributed by atoms with Crippen molar-refractivity contribution in [1.29, 1.82) is 0 Å². The van der Waals surface area contributed by atoms with Crippen molar-refractivity contribution >= 4 is 34.3 Å². The molecule has 0 saturated carbocycles. The van der Waals surface area contributed by atoms with Gasteiger partial charge in [-0.3, -0.25) is 24.6 Å². The van der Waals surface area contributed by atoms with E-state index in [4.69, 9.17) is 16.3 Å². The number of fused-ring (bicyclic) bond motifs is 1. The second-order valence-corrected chi connectivity index (χ2v) is 8.07. The Morgan fingerprint density at radius 2 is 1.79 bits per heavy atom. The summed E-state index contributed by atoms with van der Waals surface area (Å²) in [5.41, 5.74) is 0.976. The minimum atomic E-state index is -0.606. The van der Waals surface area contributed by atoms with Gasteiger partial charge in [-0.1, -0.05) is 41.1 Å². The number of hydrazone groups is 1. The molecule has 2 N–H and O–H groups in total. The molecule has 5 rings (SSSR count). The summed E-state index contributed by atoms with van der Waals surface area (Å²) in [6.45, 7) is -0.326. The van der Waals surface area contributed by atoms with Crippen molar-refractivity contribution in [1.82, 2.24) is 30.2 Å². The highest BCUT2D eigenvalue weighted by atomic mass is 35.5. The van der Waals surface area contributed by atoms with E-state index in [0.717, 1.165) is 15.8 Å². The van der Waals surface area contributed by atoms with Gasteiger partial charge in [0.25, 0.3) is 17.0 Å². The van der Waals surface area contributed by atoms with E-state index in [-0.39, 0.29) is 23.6 Å². The third-order valence-electron chi connectivity index (χ3n) is 5.58. The summed E-state index contributed by atoms with van der Waals surface area (Å²) in [6.07, 6.45) is 0.470. The van der Waals surface area contributed by atoms with Crippen LogP contribution in [0.4, 0.5) is 0 Å². The number of rotatable bonds is 5. The molecular weight excluding hydrogens is 462 g/mol. The molecule has 34 heavy (non-hydrogen) atoms. The van der Waals surface area contributed by atoms with E-state index in [1.165, 1.54) is 5.01 Å². The molecule has 172 valence electrons. The fraction of sp³-hybridized carbons (Fsp3) is 0.182. The van der Waals surface area contributed by atoms with Crippen LogP contribution in [0, 0.1) is 0 Å². The minimum Gasteiger partial charge on any atom is -0.497 e. The van der Waals surface area contributed by atoms with Crippen molar-refractivity contribution in [2.45, 2.75) is 19.0 Å². The number of hydrogen-bond acceptors (Lipinski definition) is 7. The standard InChI is InChI=1S/C22H18ClN7O4/c1-34-15-8-4-13(5-9-15)17-10-16(12-2-6-14(23)7-3-12)27-30(17)18(31)11-29-20-19(24-28-29)21(32)25-26-22(20)33/h2-9,17H,10-11H2,1H3,(H,25,32)(H,26,33)/t17-/m0/s1. The number of hydrogen-bond donors (Lipinski definition) is 2. The number of aromatic amines is 2. The molecule has 0 aliphatic carbocycles. The molecule has 2 aromatic carbocycles. The van der Waals surface area contributed by atoms with Gasteiger partial charge in [-0.25, -0.2) is 9.69 Å². The summed E-state index contributed by atoms with van der Waals surface area (Å²) in [4.78, 5) is 37.5. The topological polar surface area (TPSA) is 138 Å². The first-order valence-electron chi connectivity index (χ1n) is 10.3. The number of carbonyl (C=O) groups excluding carboxylic acids is 1. The molecule has 1 aliphatic rings. The average Bonchev–Trinajstić information content (AvgIpc) is 3.48. The van der Waals surface area contributed by atoms with E-state index in [2.05, 4.69) is 25.6 Å². The normalized spacial score (nSPS) is 15.5. The van der Waals surface area contributed by atoms with Gasteiger partial charge >= 0.3 is 0 Å². The largest absolute Gasteiger partial charge is 0.497 e. The number of methoxy groups -OCH3 is 1. The number of carbonyl (C=O) groups is 1. The highest BCUT2D eigenvalue weighted by Crippen LogP contribution is 2.34. The SMILES string of the molecule is COc1ccc([C@@H]2CC(c3ccc(Cl)cc3)=NN2C(=O)Cn2nnc3c(=O)[nH][nH]c(=O)c32)cc1. The van der Waals surface area contributed by atoms with E-state index < -0.39 is 17.0 Å². The van der Waals surface area contributed by atoms with Crippen LogP contribution < -0.4 is 15.9 Å². The van der Waals surface area contributed by atoms with Crippen molar-refractivity contribution < 1.29 is 9.53 Å². The zero-order chi connectivity index (χ0) is 23.8. The van der Waals surface area contributed by atoms with Crippen LogP contribution in [0.3, 0.4) is 0 Å². The number of amides is 1.